The smallest absolute Gasteiger partial charge is 0.449 e. The maximum Gasteiger partial charge on any atom is 0.511 e. The van der Waals surface area contributed by atoms with E-state index in [1.165, 1.54) is 0 Å². The number of carbonyl (C=O) groups excluding carboxylic acids is 1. The van der Waals surface area contributed by atoms with Gasteiger partial charge in [0.25, 0.3) is 0 Å². The van der Waals surface area contributed by atoms with Gasteiger partial charge >= 0.3 is 12.2 Å². The molecule has 1 N–H and O–H groups in total. The lowest BCUT2D eigenvalue weighted by Gasteiger charge is -2.44. The van der Waals surface area contributed by atoms with Gasteiger partial charge in [0.15, 0.2) is 0 Å². The molecule has 0 saturated carbocycles. The van der Waals surface area contributed by atoms with Crippen molar-refractivity contribution in [2.75, 3.05) is 29.9 Å². The minimum absolute atomic E-state index is 0.0431. The lowest BCUT2D eigenvalue weighted by molar-refractivity contribution is 0.129. The molecule has 0 bridgehead atoms. The number of pyridine rings is 1. The van der Waals surface area contributed by atoms with Crippen LogP contribution in [0.1, 0.15) is 50.3 Å². The Morgan fingerprint density at radius 3 is 2.30 bits per heavy atom. The molecule has 8 nitrogen and oxygen atoms in total. The maximum absolute atomic E-state index is 14.4. The van der Waals surface area contributed by atoms with Gasteiger partial charge in [-0.2, -0.15) is 0 Å². The third kappa shape index (κ3) is 5.69. The van der Waals surface area contributed by atoms with E-state index in [9.17, 15) is 14.7 Å². The summed E-state index contributed by atoms with van der Waals surface area (Å²) in [5.41, 5.74) is 3.47. The van der Waals surface area contributed by atoms with E-state index in [1.807, 2.05) is 23.1 Å². The lowest BCUT2D eigenvalue weighted by atomic mass is 9.86. The zero-order valence-electron chi connectivity index (χ0n) is 22.7. The number of anilines is 2. The van der Waals surface area contributed by atoms with Crippen LogP contribution in [0.5, 0.6) is 5.75 Å². The fourth-order valence-corrected chi connectivity index (χ4v) is 6.58. The predicted octanol–water partition coefficient (Wildman–Crippen LogP) is 7.40. The summed E-state index contributed by atoms with van der Waals surface area (Å²) in [6.07, 6.45) is 4.45. The van der Waals surface area contributed by atoms with Gasteiger partial charge in [-0.05, 0) is 78.3 Å². The second-order valence-corrected chi connectivity index (χ2v) is 11.9. The van der Waals surface area contributed by atoms with Gasteiger partial charge in [-0.15, -0.1) is 0 Å². The van der Waals surface area contributed by atoms with Crippen LogP contribution in [-0.2, 0) is 5.41 Å². The Morgan fingerprint density at radius 2 is 1.68 bits per heavy atom. The first-order chi connectivity index (χ1) is 19.0. The number of carboxylic acid groups (broad SMARTS) is 1. The number of rotatable bonds is 5. The summed E-state index contributed by atoms with van der Waals surface area (Å²) in [6, 6.07) is 14.0. The van der Waals surface area contributed by atoms with Gasteiger partial charge in [0.1, 0.15) is 5.75 Å². The first-order valence-corrected chi connectivity index (χ1v) is 14.0. The molecule has 10 heteroatoms. The van der Waals surface area contributed by atoms with Crippen molar-refractivity contribution in [3.8, 4) is 5.75 Å². The SMILES string of the molecule is CN(C(=O)N(C1CCN(c2ccncc2)CC1)C1CC(C)(C)c2ccc(OC(=O)O)cc21)c1cc(Cl)cc(Cl)c1. The summed E-state index contributed by atoms with van der Waals surface area (Å²) in [5.74, 6) is 0.240. The molecule has 2 amide bonds. The van der Waals surface area contributed by atoms with Crippen molar-refractivity contribution in [1.29, 1.82) is 0 Å². The highest BCUT2D eigenvalue weighted by Crippen LogP contribution is 2.50. The Bertz CT molecular complexity index is 1390. The molecule has 1 aliphatic carbocycles. The Morgan fingerprint density at radius 1 is 1.02 bits per heavy atom. The lowest BCUT2D eigenvalue weighted by Crippen LogP contribution is -2.52. The summed E-state index contributed by atoms with van der Waals surface area (Å²) in [6.45, 7) is 5.88. The molecule has 1 unspecified atom stereocenters. The molecule has 40 heavy (non-hydrogen) atoms. The number of benzene rings is 2. The monoisotopic (exact) mass is 582 g/mol. The highest BCUT2D eigenvalue weighted by Gasteiger charge is 2.45. The van der Waals surface area contributed by atoms with Crippen molar-refractivity contribution in [3.63, 3.8) is 0 Å². The van der Waals surface area contributed by atoms with Gasteiger partial charge in [0.2, 0.25) is 0 Å². The van der Waals surface area contributed by atoms with Crippen LogP contribution < -0.4 is 14.5 Å². The third-order valence-electron chi connectivity index (χ3n) is 7.98. The first-order valence-electron chi connectivity index (χ1n) is 13.3. The van der Waals surface area contributed by atoms with E-state index in [0.29, 0.717) is 22.2 Å². The molecule has 0 radical (unpaired) electrons. The third-order valence-corrected chi connectivity index (χ3v) is 8.42. The number of fused-ring (bicyclic) bond motifs is 1. The van der Waals surface area contributed by atoms with Crippen LogP contribution in [0.25, 0.3) is 0 Å². The first kappa shape index (κ1) is 28.1. The number of piperidine rings is 1. The topological polar surface area (TPSA) is 86.2 Å². The number of carbonyl (C=O) groups is 2. The summed E-state index contributed by atoms with van der Waals surface area (Å²) < 4.78 is 5.01. The molecule has 0 spiro atoms. The molecule has 2 heterocycles. The molecular formula is C30H32Cl2N4O4. The molecule has 1 saturated heterocycles. The molecule has 2 aliphatic rings. The van der Waals surface area contributed by atoms with Crippen LogP contribution >= 0.6 is 23.2 Å². The number of hydrogen-bond donors (Lipinski definition) is 1. The van der Waals surface area contributed by atoms with Crippen LogP contribution in [0.3, 0.4) is 0 Å². The van der Waals surface area contributed by atoms with Gasteiger partial charge in [0.05, 0.1) is 6.04 Å². The van der Waals surface area contributed by atoms with Crippen LogP contribution in [0.2, 0.25) is 10.0 Å². The second-order valence-electron chi connectivity index (χ2n) is 11.0. The van der Waals surface area contributed by atoms with E-state index in [0.717, 1.165) is 42.7 Å². The van der Waals surface area contributed by atoms with Crippen molar-refractivity contribution in [2.24, 2.45) is 0 Å². The number of nitrogens with zero attached hydrogens (tertiary/aromatic N) is 4. The molecule has 1 aromatic heterocycles. The van der Waals surface area contributed by atoms with E-state index < -0.39 is 6.16 Å². The second kappa shape index (κ2) is 11.2. The molecule has 2 aromatic carbocycles. The number of hydrogen-bond acceptors (Lipinski definition) is 5. The van der Waals surface area contributed by atoms with Crippen molar-refractivity contribution in [2.45, 2.75) is 50.6 Å². The van der Waals surface area contributed by atoms with Gasteiger partial charge in [0, 0.05) is 60.0 Å². The van der Waals surface area contributed by atoms with E-state index in [1.54, 1.807) is 54.7 Å². The molecule has 3 aromatic rings. The van der Waals surface area contributed by atoms with Gasteiger partial charge in [-0.1, -0.05) is 43.1 Å². The van der Waals surface area contributed by atoms with Crippen molar-refractivity contribution in [3.05, 3.63) is 82.1 Å². The fourth-order valence-electron chi connectivity index (χ4n) is 6.07. The van der Waals surface area contributed by atoms with Crippen molar-refractivity contribution >= 4 is 46.8 Å². The Hall–Kier alpha value is -3.49. The average molecular weight is 584 g/mol. The summed E-state index contributed by atoms with van der Waals surface area (Å²) >= 11 is 12.6. The van der Waals surface area contributed by atoms with Crippen LogP contribution in [-0.4, -0.2) is 53.4 Å². The van der Waals surface area contributed by atoms with Crippen LogP contribution in [0.4, 0.5) is 21.0 Å². The van der Waals surface area contributed by atoms with Crippen molar-refractivity contribution in [1.82, 2.24) is 9.88 Å². The Balaban J connectivity index is 1.51. The largest absolute Gasteiger partial charge is 0.511 e. The summed E-state index contributed by atoms with van der Waals surface area (Å²) in [4.78, 5) is 35.7. The quantitative estimate of drug-likeness (QED) is 0.249. The highest BCUT2D eigenvalue weighted by molar-refractivity contribution is 6.35. The molecule has 1 aliphatic heterocycles. The zero-order valence-corrected chi connectivity index (χ0v) is 24.2. The van der Waals surface area contributed by atoms with E-state index in [-0.39, 0.29) is 29.3 Å². The Labute approximate surface area is 244 Å². The number of amides is 2. The minimum atomic E-state index is -1.37. The van der Waals surface area contributed by atoms with Crippen LogP contribution in [0, 0.1) is 0 Å². The standard InChI is InChI=1S/C30H32Cl2N4O4/c1-30(2)18-27(25-17-24(40-29(38)39)4-5-26(25)30)36(28(37)34(3)23-15-19(31)14-20(32)16-23)22-8-12-35(13-9-22)21-6-10-33-11-7-21/h4-7,10-11,14-17,22,27H,8-9,12-13,18H2,1-3H3,(H,38,39). The van der Waals surface area contributed by atoms with Gasteiger partial charge in [-0.3, -0.25) is 9.88 Å². The average Bonchev–Trinajstić information content (AvgIpc) is 3.17. The van der Waals surface area contributed by atoms with E-state index >= 15 is 0 Å². The molecule has 5 rings (SSSR count). The zero-order chi connectivity index (χ0) is 28.6. The van der Waals surface area contributed by atoms with E-state index in [2.05, 4.69) is 23.7 Å². The predicted molar refractivity (Wildman–Crippen MR) is 157 cm³/mol. The number of halogens is 2. The number of aromatic nitrogens is 1. The van der Waals surface area contributed by atoms with Crippen molar-refractivity contribution < 1.29 is 19.4 Å². The van der Waals surface area contributed by atoms with Crippen LogP contribution in [0.15, 0.2) is 60.9 Å². The molecule has 1 atom stereocenters. The maximum atomic E-state index is 14.4. The summed E-state index contributed by atoms with van der Waals surface area (Å²) in [5, 5.41) is 10.1. The molecule has 210 valence electrons. The molecular weight excluding hydrogens is 551 g/mol. The molecule has 1 fully saturated rings. The van der Waals surface area contributed by atoms with E-state index in [4.69, 9.17) is 27.9 Å². The fraction of sp³-hybridized carbons (Fsp3) is 0.367. The minimum Gasteiger partial charge on any atom is -0.449 e. The van der Waals surface area contributed by atoms with Gasteiger partial charge < -0.3 is 19.6 Å². The normalized spacial score (nSPS) is 18.2. The van der Waals surface area contributed by atoms with Gasteiger partial charge in [-0.25, -0.2) is 9.59 Å². The summed E-state index contributed by atoms with van der Waals surface area (Å²) in [7, 11) is 1.73. The number of ether oxygens (including phenoxy) is 1. The Kier molecular flexibility index (Phi) is 7.84. The highest BCUT2D eigenvalue weighted by atomic mass is 35.5. The number of urea groups is 1.